The van der Waals surface area contributed by atoms with E-state index < -0.39 is 0 Å². The summed E-state index contributed by atoms with van der Waals surface area (Å²) in [5.41, 5.74) is 9.52. The maximum atomic E-state index is 12.9. The number of benzene rings is 2. The first-order valence-corrected chi connectivity index (χ1v) is 9.05. The van der Waals surface area contributed by atoms with E-state index in [-0.39, 0.29) is 11.3 Å². The van der Waals surface area contributed by atoms with Crippen LogP contribution in [0.3, 0.4) is 0 Å². The SMILES string of the molecule is Cc1nc2cc(C(=O)N3CCC(C)(CN)C3)ccc2n1-c1ccccc1. The van der Waals surface area contributed by atoms with Crippen LogP contribution in [0.15, 0.2) is 48.5 Å². The Labute approximate surface area is 153 Å². The third-order valence-corrected chi connectivity index (χ3v) is 5.42. The fourth-order valence-electron chi connectivity index (χ4n) is 3.78. The molecule has 1 fully saturated rings. The Hall–Kier alpha value is -2.66. The van der Waals surface area contributed by atoms with Crippen molar-refractivity contribution in [3.05, 3.63) is 59.9 Å². The van der Waals surface area contributed by atoms with E-state index in [0.717, 1.165) is 42.1 Å². The molecule has 1 aliphatic rings. The molecule has 1 unspecified atom stereocenters. The minimum absolute atomic E-state index is 0.0330. The number of aryl methyl sites for hydroxylation is 1. The van der Waals surface area contributed by atoms with Crippen molar-refractivity contribution >= 4 is 16.9 Å². The predicted octanol–water partition coefficient (Wildman–Crippen LogP) is 3.14. The van der Waals surface area contributed by atoms with Crippen LogP contribution in [0.25, 0.3) is 16.7 Å². The lowest BCUT2D eigenvalue weighted by atomic mass is 9.90. The zero-order valence-corrected chi connectivity index (χ0v) is 15.3. The van der Waals surface area contributed by atoms with Gasteiger partial charge in [-0.1, -0.05) is 25.1 Å². The molecule has 2 N–H and O–H groups in total. The number of likely N-dealkylation sites (tertiary alicyclic amines) is 1. The van der Waals surface area contributed by atoms with Gasteiger partial charge in [-0.25, -0.2) is 4.98 Å². The Balaban J connectivity index is 1.68. The van der Waals surface area contributed by atoms with Crippen molar-refractivity contribution in [1.82, 2.24) is 14.5 Å². The molecule has 0 radical (unpaired) electrons. The standard InChI is InChI=1S/C21H24N4O/c1-15-23-18-12-16(20(26)24-11-10-21(2,13-22)14-24)8-9-19(18)25(15)17-6-4-3-5-7-17/h3-9,12H,10-11,13-14,22H2,1-2H3. The van der Waals surface area contributed by atoms with Crippen LogP contribution in [0.2, 0.25) is 0 Å². The van der Waals surface area contributed by atoms with Crippen LogP contribution in [0.4, 0.5) is 0 Å². The first-order valence-electron chi connectivity index (χ1n) is 9.05. The summed E-state index contributed by atoms with van der Waals surface area (Å²) in [7, 11) is 0. The highest BCUT2D eigenvalue weighted by molar-refractivity contribution is 5.97. The number of fused-ring (bicyclic) bond motifs is 1. The van der Waals surface area contributed by atoms with Crippen molar-refractivity contribution in [1.29, 1.82) is 0 Å². The molecule has 134 valence electrons. The second-order valence-corrected chi connectivity index (χ2v) is 7.52. The van der Waals surface area contributed by atoms with Gasteiger partial charge in [-0.3, -0.25) is 9.36 Å². The topological polar surface area (TPSA) is 64.2 Å². The van der Waals surface area contributed by atoms with E-state index >= 15 is 0 Å². The van der Waals surface area contributed by atoms with Gasteiger partial charge < -0.3 is 10.6 Å². The number of aromatic nitrogens is 2. The van der Waals surface area contributed by atoms with Crippen LogP contribution in [-0.2, 0) is 0 Å². The number of amides is 1. The number of para-hydroxylation sites is 1. The van der Waals surface area contributed by atoms with Gasteiger partial charge in [-0.15, -0.1) is 0 Å². The minimum Gasteiger partial charge on any atom is -0.338 e. The zero-order chi connectivity index (χ0) is 18.3. The smallest absolute Gasteiger partial charge is 0.253 e. The largest absolute Gasteiger partial charge is 0.338 e. The van der Waals surface area contributed by atoms with E-state index in [1.54, 1.807) is 0 Å². The molecule has 2 aromatic carbocycles. The summed E-state index contributed by atoms with van der Waals surface area (Å²) in [6.45, 7) is 6.23. The van der Waals surface area contributed by atoms with Gasteiger partial charge in [-0.2, -0.15) is 0 Å². The molecule has 1 atom stereocenters. The van der Waals surface area contributed by atoms with Crippen LogP contribution in [0.1, 0.15) is 29.5 Å². The summed E-state index contributed by atoms with van der Waals surface area (Å²) in [6, 6.07) is 16.0. The first-order chi connectivity index (χ1) is 12.5. The van der Waals surface area contributed by atoms with Gasteiger partial charge in [0.25, 0.3) is 5.91 Å². The zero-order valence-electron chi connectivity index (χ0n) is 15.3. The fourth-order valence-corrected chi connectivity index (χ4v) is 3.78. The molecule has 26 heavy (non-hydrogen) atoms. The van der Waals surface area contributed by atoms with E-state index in [9.17, 15) is 4.79 Å². The van der Waals surface area contributed by atoms with E-state index in [2.05, 4.69) is 28.6 Å². The van der Waals surface area contributed by atoms with Crippen LogP contribution in [0.5, 0.6) is 0 Å². The Morgan fingerprint density at radius 3 is 2.69 bits per heavy atom. The van der Waals surface area contributed by atoms with E-state index in [1.165, 1.54) is 0 Å². The average molecular weight is 348 g/mol. The molecule has 1 aliphatic heterocycles. The number of nitrogens with two attached hydrogens (primary N) is 1. The second-order valence-electron chi connectivity index (χ2n) is 7.52. The average Bonchev–Trinajstić information content (AvgIpc) is 3.21. The summed E-state index contributed by atoms with van der Waals surface area (Å²) in [5.74, 6) is 0.976. The number of hydrogen-bond acceptors (Lipinski definition) is 3. The van der Waals surface area contributed by atoms with Crippen LogP contribution < -0.4 is 5.73 Å². The molecule has 1 aromatic heterocycles. The van der Waals surface area contributed by atoms with Crippen molar-refractivity contribution < 1.29 is 4.79 Å². The van der Waals surface area contributed by atoms with Gasteiger partial charge in [0.2, 0.25) is 0 Å². The predicted molar refractivity (Wildman–Crippen MR) is 103 cm³/mol. The molecule has 1 amide bonds. The second kappa shape index (κ2) is 6.25. The Morgan fingerprint density at radius 2 is 2.00 bits per heavy atom. The summed E-state index contributed by atoms with van der Waals surface area (Å²) in [6.07, 6.45) is 0.958. The van der Waals surface area contributed by atoms with Crippen molar-refractivity contribution in [2.24, 2.45) is 11.1 Å². The fraction of sp³-hybridized carbons (Fsp3) is 0.333. The number of rotatable bonds is 3. The first kappa shape index (κ1) is 16.8. The van der Waals surface area contributed by atoms with Crippen molar-refractivity contribution in [3.63, 3.8) is 0 Å². The molecule has 0 saturated carbocycles. The maximum Gasteiger partial charge on any atom is 0.253 e. The molecule has 0 aliphatic carbocycles. The van der Waals surface area contributed by atoms with Crippen LogP contribution in [-0.4, -0.2) is 40.0 Å². The summed E-state index contributed by atoms with van der Waals surface area (Å²) in [4.78, 5) is 19.5. The number of nitrogens with zero attached hydrogens (tertiary/aromatic N) is 3. The minimum atomic E-state index is 0.0330. The molecule has 2 heterocycles. The third kappa shape index (κ3) is 2.78. The Morgan fingerprint density at radius 1 is 1.23 bits per heavy atom. The highest BCUT2D eigenvalue weighted by Gasteiger charge is 2.35. The molecular weight excluding hydrogens is 324 g/mol. The molecule has 0 spiro atoms. The molecular formula is C21H24N4O. The maximum absolute atomic E-state index is 12.9. The monoisotopic (exact) mass is 348 g/mol. The summed E-state index contributed by atoms with van der Waals surface area (Å²) >= 11 is 0. The molecule has 0 bridgehead atoms. The molecule has 3 aromatic rings. The van der Waals surface area contributed by atoms with Gasteiger partial charge in [-0.05, 0) is 55.6 Å². The lowest BCUT2D eigenvalue weighted by Gasteiger charge is -2.22. The molecule has 4 rings (SSSR count). The van der Waals surface area contributed by atoms with Gasteiger partial charge in [0.05, 0.1) is 11.0 Å². The van der Waals surface area contributed by atoms with Crippen molar-refractivity contribution in [3.8, 4) is 5.69 Å². The van der Waals surface area contributed by atoms with Gasteiger partial charge in [0.1, 0.15) is 5.82 Å². The van der Waals surface area contributed by atoms with Gasteiger partial charge in [0, 0.05) is 24.3 Å². The van der Waals surface area contributed by atoms with E-state index in [0.29, 0.717) is 12.1 Å². The number of imidazole rings is 1. The summed E-state index contributed by atoms with van der Waals surface area (Å²) in [5, 5.41) is 0. The van der Waals surface area contributed by atoms with Gasteiger partial charge >= 0.3 is 0 Å². The quantitative estimate of drug-likeness (QED) is 0.791. The highest BCUT2D eigenvalue weighted by Crippen LogP contribution is 2.30. The van der Waals surface area contributed by atoms with E-state index in [1.807, 2.05) is 48.2 Å². The molecule has 5 heteroatoms. The number of carbonyl (C=O) groups is 1. The lowest BCUT2D eigenvalue weighted by molar-refractivity contribution is 0.0777. The number of carbonyl (C=O) groups excluding carboxylic acids is 1. The lowest BCUT2D eigenvalue weighted by Crippen LogP contribution is -2.34. The molecule has 1 saturated heterocycles. The van der Waals surface area contributed by atoms with Crippen molar-refractivity contribution in [2.45, 2.75) is 20.3 Å². The Kier molecular flexibility index (Phi) is 4.04. The van der Waals surface area contributed by atoms with E-state index in [4.69, 9.17) is 5.73 Å². The summed E-state index contributed by atoms with van der Waals surface area (Å²) < 4.78 is 2.12. The van der Waals surface area contributed by atoms with Crippen molar-refractivity contribution in [2.75, 3.05) is 19.6 Å². The van der Waals surface area contributed by atoms with Gasteiger partial charge in [0.15, 0.2) is 0 Å². The number of hydrogen-bond donors (Lipinski definition) is 1. The van der Waals surface area contributed by atoms with Crippen LogP contribution in [0, 0.1) is 12.3 Å². The third-order valence-electron chi connectivity index (χ3n) is 5.42. The van der Waals surface area contributed by atoms with Crippen LogP contribution >= 0.6 is 0 Å². The molecule has 5 nitrogen and oxygen atoms in total. The normalized spacial score (nSPS) is 20.0. The Bertz CT molecular complexity index is 963. The highest BCUT2D eigenvalue weighted by atomic mass is 16.2.